The van der Waals surface area contributed by atoms with Crippen LogP contribution < -0.4 is 36.8 Å². The van der Waals surface area contributed by atoms with E-state index in [4.69, 9.17) is 20.1 Å². The van der Waals surface area contributed by atoms with Crippen molar-refractivity contribution in [2.24, 2.45) is 0 Å². The number of carboxylic acids is 4. The van der Waals surface area contributed by atoms with Gasteiger partial charge in [0.2, 0.25) is 17.8 Å². The average molecular weight is 1080 g/mol. The van der Waals surface area contributed by atoms with Gasteiger partial charge in [-0.25, -0.2) is 9.59 Å². The number of hydrogen-bond donors (Lipinski definition) is 12. The Morgan fingerprint density at radius 3 is 2.01 bits per heavy atom. The molecule has 6 rings (SSSR count). The van der Waals surface area contributed by atoms with Gasteiger partial charge in [0.25, 0.3) is 0 Å². The molecule has 420 valence electrons. The van der Waals surface area contributed by atoms with Crippen molar-refractivity contribution in [3.8, 4) is 0 Å². The first-order chi connectivity index (χ1) is 36.6. The molecule has 0 radical (unpaired) electrons. The van der Waals surface area contributed by atoms with Crippen LogP contribution in [0.15, 0.2) is 35.5 Å². The SMILES string of the molecule is O=C(O)CNC(=O)NC(CCCCNC(CCCCCCCNc1nc(Nc2ccc(CC3CN(CC(=O)O)CCN4CCN(CCN3CC(=O)O)CC(O)=S=C(O)C4)cc2)nc(N2CCNCC2)n1)=C1CC1)C(=O)O. The number of aliphatic carboxylic acids is 4. The number of aliphatic hydroxyl groups excluding tert-OH is 2. The number of hydrogen-bond acceptors (Lipinski definition) is 17. The average Bonchev–Trinajstić information content (AvgIpc) is 4.22. The fraction of sp³-hybridized carbons (Fsp3) is 0.640. The molecule has 1 saturated carbocycles. The molecule has 1 aromatic carbocycles. The number of carboxylic acid groups (broad SMARTS) is 4. The monoisotopic (exact) mass is 1080 g/mol. The van der Waals surface area contributed by atoms with Gasteiger partial charge in [0, 0.05) is 103 Å². The van der Waals surface area contributed by atoms with E-state index in [0.717, 1.165) is 106 Å². The standard InChI is InChI=1S/C50H78N14O11S/c65-41(66)29-54-50(75)56-40(46(73)74)9-5-7-16-52-39(36-12-13-36)8-4-2-1-3-6-17-53-47-57-48(59-49(58-47)63-20-18-51-19-21-63)55-37-14-10-35(11-15-37)28-38-30-62(31-42(67)68)25-24-60-22-23-61(26-27-64(38)32-43(69)70)34-45(72)76-44(71)33-60/h10-11,14-15,38,40,51-52,71-72H,1-9,12-13,16-34H2,(H,65,66)(H,67,68)(H,69,70)(H,73,74)(H2,54,56,75)(H2,53,55,57,58,59). The predicted molar refractivity (Wildman–Crippen MR) is 291 cm³/mol. The van der Waals surface area contributed by atoms with E-state index >= 15 is 0 Å². The highest BCUT2D eigenvalue weighted by atomic mass is 32.1. The number of amides is 2. The topological polar surface area (TPSA) is 334 Å². The maximum Gasteiger partial charge on any atom is 0.326 e. The highest BCUT2D eigenvalue weighted by molar-refractivity contribution is 7.97. The number of nitrogens with zero attached hydrogens (tertiary/aromatic N) is 8. The van der Waals surface area contributed by atoms with Crippen LogP contribution in [0.25, 0.3) is 0 Å². The molecular weight excluding hydrogens is 1000 g/mol. The second-order valence-corrected chi connectivity index (χ2v) is 20.8. The summed E-state index contributed by atoms with van der Waals surface area (Å²) in [5.41, 5.74) is 4.40. The lowest BCUT2D eigenvalue weighted by Crippen LogP contribution is -2.53. The molecular formula is C50H78N14O11S. The molecule has 12 N–H and O–H groups in total. The van der Waals surface area contributed by atoms with Gasteiger partial charge in [0.15, 0.2) is 0 Å². The first kappa shape index (κ1) is 59.2. The Hall–Kier alpha value is -6.00. The fourth-order valence-electron chi connectivity index (χ4n) is 9.43. The molecule has 0 spiro atoms. The molecule has 4 aliphatic rings. The molecule has 4 unspecified atom stereocenters. The van der Waals surface area contributed by atoms with Crippen molar-refractivity contribution in [1.82, 2.24) is 55.8 Å². The van der Waals surface area contributed by atoms with Gasteiger partial charge in [-0.3, -0.25) is 34.0 Å². The molecule has 1 aromatic heterocycles. The fourth-order valence-corrected chi connectivity index (χ4v) is 10.2. The van der Waals surface area contributed by atoms with Gasteiger partial charge in [-0.05, 0) is 75.5 Å². The first-order valence-corrected chi connectivity index (χ1v) is 27.3. The van der Waals surface area contributed by atoms with Gasteiger partial charge in [-0.1, -0.05) is 47.9 Å². The highest BCUT2D eigenvalue weighted by Gasteiger charge is 2.28. The van der Waals surface area contributed by atoms with Gasteiger partial charge in [0.1, 0.15) is 22.7 Å². The number of nitrogens with one attached hydrogen (secondary N) is 6. The van der Waals surface area contributed by atoms with E-state index in [1.807, 2.05) is 39.0 Å². The van der Waals surface area contributed by atoms with E-state index in [1.54, 1.807) is 0 Å². The molecule has 2 saturated heterocycles. The number of aromatic nitrogens is 3. The number of carbonyl (C=O) groups is 5. The van der Waals surface area contributed by atoms with Crippen LogP contribution in [-0.2, 0) is 25.6 Å². The lowest BCUT2D eigenvalue weighted by Gasteiger charge is -2.37. The number of anilines is 4. The third-order valence-corrected chi connectivity index (χ3v) is 14.3. The Bertz CT molecular complexity index is 2350. The first-order valence-electron chi connectivity index (χ1n) is 26.5. The van der Waals surface area contributed by atoms with Gasteiger partial charge < -0.3 is 67.4 Å². The van der Waals surface area contributed by atoms with Gasteiger partial charge in [-0.2, -0.15) is 15.0 Å². The normalized spacial score (nSPS) is 20.1. The zero-order valence-corrected chi connectivity index (χ0v) is 44.2. The summed E-state index contributed by atoms with van der Waals surface area (Å²) >= 11 is 0. The number of urea groups is 1. The number of rotatable bonds is 28. The van der Waals surface area contributed by atoms with Crippen molar-refractivity contribution < 1.29 is 54.6 Å². The number of carbonyl (C=O) groups excluding carboxylic acids is 1. The molecule has 2 amide bonds. The molecule has 2 bridgehead atoms. The number of piperazine rings is 1. The second kappa shape index (κ2) is 31.3. The Balaban J connectivity index is 0.995. The van der Waals surface area contributed by atoms with Crippen LogP contribution >= 0.6 is 10.9 Å². The number of benzene rings is 1. The molecule has 76 heavy (non-hydrogen) atoms. The number of fused-ring (bicyclic) bond motifs is 3. The zero-order chi connectivity index (χ0) is 54.2. The molecule has 1 aliphatic carbocycles. The molecule has 3 aliphatic heterocycles. The maximum atomic E-state index is 12.3. The van der Waals surface area contributed by atoms with E-state index in [0.29, 0.717) is 89.6 Å². The summed E-state index contributed by atoms with van der Waals surface area (Å²) in [5, 5.41) is 77.7. The maximum absolute atomic E-state index is 12.3. The minimum absolute atomic E-state index is 0.0619. The number of unbranched alkanes of at least 4 members (excludes halogenated alkanes) is 5. The van der Waals surface area contributed by atoms with Crippen molar-refractivity contribution in [2.45, 2.75) is 89.1 Å². The highest BCUT2D eigenvalue weighted by Crippen LogP contribution is 2.32. The van der Waals surface area contributed by atoms with Gasteiger partial charge in [-0.15, -0.1) is 0 Å². The second-order valence-electron chi connectivity index (χ2n) is 19.7. The summed E-state index contributed by atoms with van der Waals surface area (Å²) in [5.74, 6) is -2.92. The number of aliphatic hydroxyl groups is 2. The smallest absolute Gasteiger partial charge is 0.326 e. The lowest BCUT2D eigenvalue weighted by molar-refractivity contribution is -0.141. The van der Waals surface area contributed by atoms with Crippen LogP contribution in [0, 0.1) is 0 Å². The third kappa shape index (κ3) is 21.9. The van der Waals surface area contributed by atoms with E-state index in [9.17, 15) is 49.5 Å². The Kier molecular flexibility index (Phi) is 24.4. The summed E-state index contributed by atoms with van der Waals surface area (Å²) in [6.45, 7) is 7.05. The Labute approximate surface area is 447 Å². The lowest BCUT2D eigenvalue weighted by atomic mass is 10.0. The third-order valence-electron chi connectivity index (χ3n) is 13.6. The predicted octanol–water partition coefficient (Wildman–Crippen LogP) is 1.85. The molecule has 26 heteroatoms. The number of allylic oxidation sites excluding steroid dienone is 2. The molecule has 4 atom stereocenters. The van der Waals surface area contributed by atoms with Crippen LogP contribution in [-0.4, -0.2) is 235 Å². The van der Waals surface area contributed by atoms with E-state index < -0.39 is 42.5 Å². The van der Waals surface area contributed by atoms with Crippen molar-refractivity contribution in [2.75, 3.05) is 133 Å². The van der Waals surface area contributed by atoms with Crippen molar-refractivity contribution >= 4 is 74.5 Å². The summed E-state index contributed by atoms with van der Waals surface area (Å²) in [6.07, 6.45) is 10.3. The largest absolute Gasteiger partial charge is 0.480 e. The summed E-state index contributed by atoms with van der Waals surface area (Å²) in [6, 6.07) is 5.51. The quantitative estimate of drug-likeness (QED) is 0.0427. The molecule has 2 aromatic rings. The van der Waals surface area contributed by atoms with E-state index in [-0.39, 0.29) is 48.7 Å². The van der Waals surface area contributed by atoms with E-state index in [1.165, 1.54) is 11.3 Å². The molecule has 3 fully saturated rings. The van der Waals surface area contributed by atoms with Crippen LogP contribution in [0.3, 0.4) is 0 Å². The van der Waals surface area contributed by atoms with Crippen LogP contribution in [0.1, 0.15) is 76.2 Å². The van der Waals surface area contributed by atoms with Gasteiger partial charge >= 0.3 is 29.9 Å². The van der Waals surface area contributed by atoms with Crippen molar-refractivity contribution in [3.05, 3.63) is 41.1 Å². The Morgan fingerprint density at radius 2 is 1.34 bits per heavy atom. The van der Waals surface area contributed by atoms with Crippen LogP contribution in [0.2, 0.25) is 0 Å². The van der Waals surface area contributed by atoms with Crippen LogP contribution in [0.4, 0.5) is 28.3 Å². The minimum atomic E-state index is -1.22. The van der Waals surface area contributed by atoms with Crippen LogP contribution in [0.5, 0.6) is 0 Å². The van der Waals surface area contributed by atoms with E-state index in [2.05, 4.69) is 41.7 Å². The summed E-state index contributed by atoms with van der Waals surface area (Å²) in [4.78, 5) is 82.9. The zero-order valence-electron chi connectivity index (χ0n) is 43.4. The molecule has 4 heterocycles. The summed E-state index contributed by atoms with van der Waals surface area (Å²) < 4.78 is 0. The van der Waals surface area contributed by atoms with Gasteiger partial charge in [0.05, 0.1) is 26.2 Å². The van der Waals surface area contributed by atoms with Crippen molar-refractivity contribution in [3.63, 3.8) is 0 Å². The Morgan fingerprint density at radius 1 is 0.697 bits per heavy atom. The van der Waals surface area contributed by atoms with Crippen molar-refractivity contribution in [1.29, 1.82) is 0 Å². The minimum Gasteiger partial charge on any atom is -0.480 e. The molecule has 25 nitrogen and oxygen atoms in total. The summed E-state index contributed by atoms with van der Waals surface area (Å²) in [7, 11) is 0.925.